The molecule has 0 amide bonds. The molecule has 168 valence electrons. The maximum absolute atomic E-state index is 13.2. The summed E-state index contributed by atoms with van der Waals surface area (Å²) in [6.07, 6.45) is 4.42. The SMILES string of the molecule is C[C@@H]1CCC=C2C[C@H]3OC(=O)C(CN4CCN(c5ccc(F)cc5)CC4)[C@H]3[C@H](O)[C@@]21C. The number of halogens is 1. The predicted molar refractivity (Wildman–Crippen MR) is 117 cm³/mol. The number of nitrogens with zero attached hydrogens (tertiary/aromatic N) is 2. The lowest BCUT2D eigenvalue weighted by molar-refractivity contribution is -0.145. The molecule has 31 heavy (non-hydrogen) atoms. The van der Waals surface area contributed by atoms with Gasteiger partial charge in [0.05, 0.1) is 12.0 Å². The Hall–Kier alpha value is -1.92. The molecule has 1 aromatic rings. The lowest BCUT2D eigenvalue weighted by Gasteiger charge is -2.52. The van der Waals surface area contributed by atoms with Crippen LogP contribution in [0.15, 0.2) is 35.9 Å². The standard InChI is InChI=1S/C25H33FN2O3/c1-16-4-3-5-17-14-21-22(23(29)25(16,17)2)20(24(30)31-21)15-27-10-12-28(13-11-27)19-8-6-18(26)7-9-19/h5-9,16,20-23,29H,3-4,10-15H2,1-2H3/t16-,20?,21-,22-,23+,25-/m1/s1. The average Bonchev–Trinajstić information content (AvgIpc) is 3.07. The number of carbonyl (C=O) groups excluding carboxylic acids is 1. The van der Waals surface area contributed by atoms with Crippen molar-refractivity contribution in [1.29, 1.82) is 0 Å². The van der Waals surface area contributed by atoms with Gasteiger partial charge in [0.25, 0.3) is 0 Å². The first-order valence-electron chi connectivity index (χ1n) is 11.7. The number of aliphatic hydroxyl groups excluding tert-OH is 1. The van der Waals surface area contributed by atoms with E-state index in [0.29, 0.717) is 12.5 Å². The van der Waals surface area contributed by atoms with Crippen molar-refractivity contribution in [1.82, 2.24) is 4.90 Å². The van der Waals surface area contributed by atoms with Crippen molar-refractivity contribution in [3.63, 3.8) is 0 Å². The van der Waals surface area contributed by atoms with Crippen LogP contribution in [0.1, 0.15) is 33.1 Å². The van der Waals surface area contributed by atoms with Crippen molar-refractivity contribution >= 4 is 11.7 Å². The van der Waals surface area contributed by atoms with Crippen molar-refractivity contribution in [3.05, 3.63) is 41.7 Å². The number of allylic oxidation sites excluding steroid dienone is 1. The number of carbonyl (C=O) groups is 1. The Balaban J connectivity index is 1.27. The number of esters is 1. The van der Waals surface area contributed by atoms with Crippen molar-refractivity contribution in [2.45, 2.75) is 45.3 Å². The molecule has 5 nitrogen and oxygen atoms in total. The van der Waals surface area contributed by atoms with Gasteiger partial charge in [0.1, 0.15) is 11.9 Å². The van der Waals surface area contributed by atoms with Gasteiger partial charge in [0.2, 0.25) is 0 Å². The summed E-state index contributed by atoms with van der Waals surface area (Å²) in [7, 11) is 0. The average molecular weight is 429 g/mol. The molecular formula is C25H33FN2O3. The molecule has 3 fully saturated rings. The summed E-state index contributed by atoms with van der Waals surface area (Å²) in [6.45, 7) is 8.42. The zero-order valence-corrected chi connectivity index (χ0v) is 18.5. The summed E-state index contributed by atoms with van der Waals surface area (Å²) in [6, 6.07) is 6.63. The Morgan fingerprint density at radius 2 is 1.90 bits per heavy atom. The largest absolute Gasteiger partial charge is 0.461 e. The van der Waals surface area contributed by atoms with Gasteiger partial charge >= 0.3 is 5.97 Å². The fourth-order valence-corrected chi connectivity index (χ4v) is 6.39. The maximum Gasteiger partial charge on any atom is 0.311 e. The molecule has 2 aliphatic heterocycles. The molecule has 4 aliphatic rings. The van der Waals surface area contributed by atoms with Gasteiger partial charge in [-0.1, -0.05) is 25.5 Å². The van der Waals surface area contributed by atoms with Crippen LogP contribution >= 0.6 is 0 Å². The summed E-state index contributed by atoms with van der Waals surface area (Å²) in [5.41, 5.74) is 2.05. The molecule has 5 rings (SSSR count). The molecule has 0 spiro atoms. The Labute approximate surface area is 183 Å². The van der Waals surface area contributed by atoms with Gasteiger partial charge in [0.15, 0.2) is 0 Å². The van der Waals surface area contributed by atoms with Crippen LogP contribution in [0.3, 0.4) is 0 Å². The summed E-state index contributed by atoms with van der Waals surface area (Å²) in [5.74, 6) is -0.374. The van der Waals surface area contributed by atoms with Gasteiger partial charge in [-0.25, -0.2) is 4.39 Å². The summed E-state index contributed by atoms with van der Waals surface area (Å²) < 4.78 is 19.0. The van der Waals surface area contributed by atoms with E-state index in [9.17, 15) is 14.3 Å². The number of benzene rings is 1. The van der Waals surface area contributed by atoms with E-state index >= 15 is 0 Å². The molecule has 0 aromatic heterocycles. The number of rotatable bonds is 3. The second kappa shape index (κ2) is 7.89. The van der Waals surface area contributed by atoms with Crippen LogP contribution in [0.25, 0.3) is 0 Å². The lowest BCUT2D eigenvalue weighted by Crippen LogP contribution is -2.55. The van der Waals surface area contributed by atoms with E-state index in [1.54, 1.807) is 0 Å². The fraction of sp³-hybridized carbons (Fsp3) is 0.640. The van der Waals surface area contributed by atoms with Crippen molar-refractivity contribution in [3.8, 4) is 0 Å². The highest BCUT2D eigenvalue weighted by atomic mass is 19.1. The Kier molecular flexibility index (Phi) is 5.33. The smallest absolute Gasteiger partial charge is 0.311 e. The molecule has 2 aliphatic carbocycles. The second-order valence-corrected chi connectivity index (χ2v) is 10.1. The quantitative estimate of drug-likeness (QED) is 0.592. The zero-order valence-electron chi connectivity index (χ0n) is 18.5. The van der Waals surface area contributed by atoms with Crippen molar-refractivity contribution in [2.24, 2.45) is 23.2 Å². The minimum Gasteiger partial charge on any atom is -0.461 e. The predicted octanol–water partition coefficient (Wildman–Crippen LogP) is 3.23. The molecule has 1 unspecified atom stereocenters. The molecule has 1 aromatic carbocycles. The number of aliphatic hydroxyl groups is 1. The van der Waals surface area contributed by atoms with E-state index in [-0.39, 0.29) is 35.1 Å². The van der Waals surface area contributed by atoms with E-state index in [0.717, 1.165) is 51.1 Å². The lowest BCUT2D eigenvalue weighted by atomic mass is 9.55. The number of ether oxygens (including phenoxy) is 1. The van der Waals surface area contributed by atoms with Gasteiger partial charge in [-0.15, -0.1) is 0 Å². The van der Waals surface area contributed by atoms with E-state index in [4.69, 9.17) is 4.74 Å². The minimum absolute atomic E-state index is 0.134. The first-order valence-corrected chi connectivity index (χ1v) is 11.7. The Morgan fingerprint density at radius 3 is 2.61 bits per heavy atom. The molecule has 6 heteroatoms. The molecule has 1 N–H and O–H groups in total. The molecule has 1 saturated carbocycles. The number of anilines is 1. The van der Waals surface area contributed by atoms with E-state index in [1.807, 2.05) is 12.1 Å². The van der Waals surface area contributed by atoms with Crippen molar-refractivity contribution in [2.75, 3.05) is 37.6 Å². The van der Waals surface area contributed by atoms with Crippen LogP contribution in [0.2, 0.25) is 0 Å². The van der Waals surface area contributed by atoms with Gasteiger partial charge < -0.3 is 14.7 Å². The number of hydrogen-bond acceptors (Lipinski definition) is 5. The molecule has 6 atom stereocenters. The highest BCUT2D eigenvalue weighted by molar-refractivity contribution is 5.76. The monoisotopic (exact) mass is 428 g/mol. The highest BCUT2D eigenvalue weighted by Gasteiger charge is 2.59. The first kappa shape index (κ1) is 21.0. The summed E-state index contributed by atoms with van der Waals surface area (Å²) in [4.78, 5) is 17.4. The normalized spacial score (nSPS) is 38.3. The van der Waals surface area contributed by atoms with Crippen LogP contribution in [0.4, 0.5) is 10.1 Å². The van der Waals surface area contributed by atoms with E-state index < -0.39 is 6.10 Å². The molecule has 0 bridgehead atoms. The maximum atomic E-state index is 13.2. The highest BCUT2D eigenvalue weighted by Crippen LogP contribution is 2.56. The third-order valence-electron chi connectivity index (χ3n) is 8.59. The number of piperazine rings is 1. The molecule has 2 heterocycles. The first-order chi connectivity index (χ1) is 14.9. The Morgan fingerprint density at radius 1 is 1.19 bits per heavy atom. The van der Waals surface area contributed by atoms with Gasteiger partial charge in [-0.3, -0.25) is 9.69 Å². The van der Waals surface area contributed by atoms with E-state index in [1.165, 1.54) is 17.7 Å². The third-order valence-corrected chi connectivity index (χ3v) is 8.59. The van der Waals surface area contributed by atoms with Crippen molar-refractivity contribution < 1.29 is 19.0 Å². The second-order valence-electron chi connectivity index (χ2n) is 10.1. The van der Waals surface area contributed by atoms with E-state index in [2.05, 4.69) is 29.7 Å². The fourth-order valence-electron chi connectivity index (χ4n) is 6.39. The number of fused-ring (bicyclic) bond motifs is 2. The van der Waals surface area contributed by atoms with Crippen LogP contribution in [0, 0.1) is 29.0 Å². The van der Waals surface area contributed by atoms with Gasteiger partial charge in [-0.05, 0) is 43.0 Å². The van der Waals surface area contributed by atoms with Crippen LogP contribution < -0.4 is 4.90 Å². The van der Waals surface area contributed by atoms with Crippen LogP contribution in [0.5, 0.6) is 0 Å². The van der Waals surface area contributed by atoms with Gasteiger partial charge in [-0.2, -0.15) is 0 Å². The molecule has 0 radical (unpaired) electrons. The summed E-state index contributed by atoms with van der Waals surface area (Å²) in [5, 5.41) is 11.5. The Bertz CT molecular complexity index is 864. The van der Waals surface area contributed by atoms with Crippen LogP contribution in [-0.4, -0.2) is 60.9 Å². The molecule has 2 saturated heterocycles. The zero-order chi connectivity index (χ0) is 21.8. The molecular weight excluding hydrogens is 395 g/mol. The third kappa shape index (κ3) is 3.48. The summed E-state index contributed by atoms with van der Waals surface area (Å²) >= 11 is 0. The number of hydrogen-bond donors (Lipinski definition) is 1. The minimum atomic E-state index is -0.551. The topological polar surface area (TPSA) is 53.0 Å². The van der Waals surface area contributed by atoms with Crippen LogP contribution in [-0.2, 0) is 9.53 Å². The van der Waals surface area contributed by atoms with Gasteiger partial charge in [0, 0.05) is 56.2 Å².